The van der Waals surface area contributed by atoms with Crippen LogP contribution >= 0.6 is 31.9 Å². The van der Waals surface area contributed by atoms with Crippen molar-refractivity contribution in [3.63, 3.8) is 0 Å². The van der Waals surface area contributed by atoms with E-state index in [-0.39, 0.29) is 6.61 Å². The van der Waals surface area contributed by atoms with Gasteiger partial charge in [0.1, 0.15) is 6.61 Å². The zero-order chi connectivity index (χ0) is 17.5. The maximum atomic E-state index is 9.46. The molecule has 0 saturated heterocycles. The lowest BCUT2D eigenvalue weighted by atomic mass is 10.0. The summed E-state index contributed by atoms with van der Waals surface area (Å²) in [6.07, 6.45) is 7.02. The summed E-state index contributed by atoms with van der Waals surface area (Å²) >= 11 is 6.84. The van der Waals surface area contributed by atoms with Gasteiger partial charge in [0.2, 0.25) is 0 Å². The van der Waals surface area contributed by atoms with Gasteiger partial charge in [-0.1, -0.05) is 34.0 Å². The van der Waals surface area contributed by atoms with Gasteiger partial charge in [0.25, 0.3) is 0 Å². The van der Waals surface area contributed by atoms with E-state index in [1.54, 1.807) is 19.3 Å². The normalized spacial score (nSPS) is 10.6. The molecule has 5 heteroatoms. The number of halogens is 2. The number of rotatable bonds is 5. The number of hydrogen-bond donors (Lipinski definition) is 0. The highest BCUT2D eigenvalue weighted by Gasteiger charge is 2.11. The molecule has 0 atom stereocenters. The van der Waals surface area contributed by atoms with Gasteiger partial charge in [-0.2, -0.15) is 5.26 Å². The van der Waals surface area contributed by atoms with Crippen molar-refractivity contribution in [3.05, 3.63) is 56.5 Å². The van der Waals surface area contributed by atoms with Gasteiger partial charge in [0.15, 0.2) is 11.5 Å². The molecule has 2 aromatic rings. The first-order valence-electron chi connectivity index (χ1n) is 6.90. The van der Waals surface area contributed by atoms with Crippen molar-refractivity contribution >= 4 is 43.5 Å². The van der Waals surface area contributed by atoms with Crippen LogP contribution in [-0.2, 0) is 0 Å². The molecule has 0 unspecified atom stereocenters. The minimum atomic E-state index is 0.145. The van der Waals surface area contributed by atoms with Gasteiger partial charge >= 0.3 is 0 Å². The topological polar surface area (TPSA) is 42.2 Å². The van der Waals surface area contributed by atoms with Crippen LogP contribution in [0.3, 0.4) is 0 Å². The molecule has 0 heterocycles. The lowest BCUT2D eigenvalue weighted by molar-refractivity contribution is 0.329. The third-order valence-electron chi connectivity index (χ3n) is 3.14. The van der Waals surface area contributed by atoms with Crippen LogP contribution in [0.4, 0.5) is 0 Å². The van der Waals surface area contributed by atoms with Gasteiger partial charge in [-0.3, -0.25) is 0 Å². The van der Waals surface area contributed by atoms with Crippen molar-refractivity contribution in [2.75, 3.05) is 13.7 Å². The summed E-state index contributed by atoms with van der Waals surface area (Å²) < 4.78 is 12.5. The first-order chi connectivity index (χ1) is 11.6. The second-order valence-electron chi connectivity index (χ2n) is 4.70. The number of hydrogen-bond acceptors (Lipinski definition) is 3. The third-order valence-corrected chi connectivity index (χ3v) is 4.26. The molecule has 3 nitrogen and oxygen atoms in total. The SMILES string of the molecule is C#CCOc1c(Br)cc(/C=C(\C#N)c2ccc(Br)cc2)cc1OC. The highest BCUT2D eigenvalue weighted by Crippen LogP contribution is 2.37. The van der Waals surface area contributed by atoms with Gasteiger partial charge < -0.3 is 9.47 Å². The highest BCUT2D eigenvalue weighted by molar-refractivity contribution is 9.10. The van der Waals surface area contributed by atoms with Gasteiger partial charge in [-0.25, -0.2) is 0 Å². The highest BCUT2D eigenvalue weighted by atomic mass is 79.9. The number of nitrogens with zero attached hydrogens (tertiary/aromatic N) is 1. The number of benzene rings is 2. The maximum Gasteiger partial charge on any atom is 0.176 e. The lowest BCUT2D eigenvalue weighted by Crippen LogP contribution is -1.98. The van der Waals surface area contributed by atoms with E-state index in [0.717, 1.165) is 15.6 Å². The third kappa shape index (κ3) is 4.41. The molecular formula is C19H13Br2NO2. The van der Waals surface area contributed by atoms with Crippen LogP contribution in [-0.4, -0.2) is 13.7 Å². The summed E-state index contributed by atoms with van der Waals surface area (Å²) in [6.45, 7) is 0.145. The predicted molar refractivity (Wildman–Crippen MR) is 103 cm³/mol. The maximum absolute atomic E-state index is 9.46. The minimum Gasteiger partial charge on any atom is -0.493 e. The summed E-state index contributed by atoms with van der Waals surface area (Å²) in [5, 5.41) is 9.46. The lowest BCUT2D eigenvalue weighted by Gasteiger charge is -2.12. The molecule has 2 aromatic carbocycles. The number of terminal acetylenes is 1. The monoisotopic (exact) mass is 445 g/mol. The fourth-order valence-corrected chi connectivity index (χ4v) is 2.89. The summed E-state index contributed by atoms with van der Waals surface area (Å²) in [4.78, 5) is 0. The molecular weight excluding hydrogens is 434 g/mol. The van der Waals surface area contributed by atoms with Gasteiger partial charge in [-0.15, -0.1) is 6.42 Å². The quantitative estimate of drug-likeness (QED) is 0.355. The molecule has 0 aliphatic heterocycles. The molecule has 0 aliphatic carbocycles. The van der Waals surface area contributed by atoms with E-state index in [9.17, 15) is 5.26 Å². The smallest absolute Gasteiger partial charge is 0.176 e. The molecule has 0 saturated carbocycles. The average molecular weight is 447 g/mol. The fraction of sp³-hybridized carbons (Fsp3) is 0.105. The van der Waals surface area contributed by atoms with Crippen molar-refractivity contribution in [1.82, 2.24) is 0 Å². The molecule has 0 spiro atoms. The molecule has 24 heavy (non-hydrogen) atoms. The Morgan fingerprint density at radius 2 is 1.96 bits per heavy atom. The summed E-state index contributed by atoms with van der Waals surface area (Å²) in [6, 6.07) is 13.4. The number of allylic oxidation sites excluding steroid dienone is 1. The van der Waals surface area contributed by atoms with Crippen LogP contribution in [0.2, 0.25) is 0 Å². The van der Waals surface area contributed by atoms with Gasteiger partial charge in [-0.05, 0) is 57.4 Å². The van der Waals surface area contributed by atoms with Crippen molar-refractivity contribution in [3.8, 4) is 29.9 Å². The standard InChI is InChI=1S/C19H13Br2NO2/c1-3-8-24-19-17(21)10-13(11-18(19)23-2)9-15(12-22)14-4-6-16(20)7-5-14/h1,4-7,9-11H,8H2,2H3/b15-9+. The van der Waals surface area contributed by atoms with E-state index < -0.39 is 0 Å². The van der Waals surface area contributed by atoms with Crippen molar-refractivity contribution in [2.45, 2.75) is 0 Å². The number of ether oxygens (including phenoxy) is 2. The van der Waals surface area contributed by atoms with Gasteiger partial charge in [0, 0.05) is 4.47 Å². The summed E-state index contributed by atoms with van der Waals surface area (Å²) in [5.74, 6) is 3.50. The van der Waals surface area contributed by atoms with E-state index in [2.05, 4.69) is 43.8 Å². The first-order valence-corrected chi connectivity index (χ1v) is 8.49. The van der Waals surface area contributed by atoms with Crippen LogP contribution < -0.4 is 9.47 Å². The van der Waals surface area contributed by atoms with Crippen LogP contribution in [0.5, 0.6) is 11.5 Å². The van der Waals surface area contributed by atoms with Crippen molar-refractivity contribution < 1.29 is 9.47 Å². The molecule has 0 amide bonds. The Morgan fingerprint density at radius 3 is 2.54 bits per heavy atom. The molecule has 0 N–H and O–H groups in total. The zero-order valence-electron chi connectivity index (χ0n) is 12.8. The van der Waals surface area contributed by atoms with E-state index in [0.29, 0.717) is 21.5 Å². The Morgan fingerprint density at radius 1 is 1.25 bits per heavy atom. The Bertz CT molecular complexity index is 843. The van der Waals surface area contributed by atoms with Crippen molar-refractivity contribution in [2.24, 2.45) is 0 Å². The Kier molecular flexibility index (Phi) is 6.49. The molecule has 2 rings (SSSR count). The molecule has 0 fully saturated rings. The zero-order valence-corrected chi connectivity index (χ0v) is 16.0. The Hall–Kier alpha value is -2.21. The summed E-state index contributed by atoms with van der Waals surface area (Å²) in [7, 11) is 1.55. The van der Waals surface area contributed by atoms with E-state index >= 15 is 0 Å². The Balaban J connectivity index is 2.44. The Labute approximate surface area is 158 Å². The largest absolute Gasteiger partial charge is 0.493 e. The molecule has 120 valence electrons. The molecule has 0 bridgehead atoms. The van der Waals surface area contributed by atoms with Crippen LogP contribution in [0, 0.1) is 23.7 Å². The minimum absolute atomic E-state index is 0.145. The second-order valence-corrected chi connectivity index (χ2v) is 6.47. The summed E-state index contributed by atoms with van der Waals surface area (Å²) in [5.41, 5.74) is 2.20. The first kappa shape index (κ1) is 18.1. The molecule has 0 aromatic heterocycles. The average Bonchev–Trinajstić information content (AvgIpc) is 2.59. The van der Waals surface area contributed by atoms with Gasteiger partial charge in [0.05, 0.1) is 23.2 Å². The van der Waals surface area contributed by atoms with Crippen LogP contribution in [0.15, 0.2) is 45.3 Å². The fourth-order valence-electron chi connectivity index (χ4n) is 2.05. The number of nitriles is 1. The van der Waals surface area contributed by atoms with E-state index in [4.69, 9.17) is 15.9 Å². The van der Waals surface area contributed by atoms with E-state index in [1.807, 2.05) is 30.3 Å². The molecule has 0 aliphatic rings. The number of methoxy groups -OCH3 is 1. The molecule has 0 radical (unpaired) electrons. The van der Waals surface area contributed by atoms with E-state index in [1.165, 1.54) is 0 Å². The van der Waals surface area contributed by atoms with Crippen LogP contribution in [0.25, 0.3) is 11.6 Å². The van der Waals surface area contributed by atoms with Crippen molar-refractivity contribution in [1.29, 1.82) is 5.26 Å². The predicted octanol–water partition coefficient (Wildman–Crippen LogP) is 5.30. The van der Waals surface area contributed by atoms with Crippen LogP contribution in [0.1, 0.15) is 11.1 Å². The second kappa shape index (κ2) is 8.59.